The first-order chi connectivity index (χ1) is 18.7. The molecule has 3 heteroatoms. The third-order valence-electron chi connectivity index (χ3n) is 7.57. The summed E-state index contributed by atoms with van der Waals surface area (Å²) >= 11 is 0. The molecule has 1 aliphatic rings. The maximum atomic E-state index is 3.64. The average molecular weight is 504 g/mol. The Morgan fingerprint density at radius 3 is 1.79 bits per heavy atom. The summed E-state index contributed by atoms with van der Waals surface area (Å²) < 4.78 is 0. The van der Waals surface area contributed by atoms with Gasteiger partial charge in [-0.15, -0.1) is 0 Å². The van der Waals surface area contributed by atoms with E-state index in [1.165, 1.54) is 38.9 Å². The highest BCUT2D eigenvalue weighted by Crippen LogP contribution is 2.32. The molecule has 4 aromatic carbocycles. The lowest BCUT2D eigenvalue weighted by Gasteiger charge is -2.24. The van der Waals surface area contributed by atoms with Crippen molar-refractivity contribution in [1.29, 1.82) is 0 Å². The van der Waals surface area contributed by atoms with Crippen molar-refractivity contribution in [1.82, 2.24) is 15.5 Å². The summed E-state index contributed by atoms with van der Waals surface area (Å²) in [4.78, 5) is 2.62. The lowest BCUT2D eigenvalue weighted by Crippen LogP contribution is -2.30. The lowest BCUT2D eigenvalue weighted by molar-refractivity contribution is 0.256. The number of hydrogen-bond donors (Lipinski definition) is 2. The quantitative estimate of drug-likeness (QED) is 0.299. The molecule has 0 spiro atoms. The number of rotatable bonds is 5. The minimum atomic E-state index is 0.247. The Kier molecular flexibility index (Phi) is 9.39. The zero-order valence-corrected chi connectivity index (χ0v) is 22.7. The van der Waals surface area contributed by atoms with Gasteiger partial charge in [-0.1, -0.05) is 109 Å². The van der Waals surface area contributed by atoms with E-state index in [-0.39, 0.29) is 5.92 Å². The van der Waals surface area contributed by atoms with Crippen molar-refractivity contribution >= 4 is 0 Å². The predicted octanol–water partition coefficient (Wildman–Crippen LogP) is 6.65. The summed E-state index contributed by atoms with van der Waals surface area (Å²) in [5, 5.41) is 7.28. The van der Waals surface area contributed by atoms with Gasteiger partial charge in [0.25, 0.3) is 0 Å². The van der Waals surface area contributed by atoms with Crippen LogP contribution in [0.25, 0.3) is 0 Å². The van der Waals surface area contributed by atoms with Gasteiger partial charge in [0.2, 0.25) is 0 Å². The summed E-state index contributed by atoms with van der Waals surface area (Å²) in [6.07, 6.45) is 2.32. The number of nitrogens with zero attached hydrogens (tertiary/aromatic N) is 1. The smallest absolute Gasteiger partial charge is 0.0339 e. The van der Waals surface area contributed by atoms with Gasteiger partial charge < -0.3 is 10.6 Å². The molecular weight excluding hydrogens is 462 g/mol. The van der Waals surface area contributed by atoms with Crippen LogP contribution in [0.4, 0.5) is 0 Å². The van der Waals surface area contributed by atoms with Crippen molar-refractivity contribution < 1.29 is 0 Å². The maximum Gasteiger partial charge on any atom is 0.0339 e. The topological polar surface area (TPSA) is 27.3 Å². The molecule has 1 heterocycles. The molecule has 5 rings (SSSR count). The van der Waals surface area contributed by atoms with Crippen LogP contribution in [0.3, 0.4) is 0 Å². The standard InChI is InChI=1S/C35H41N3/c1-28-12-16-33(17-13-28)35(32-10-3-2-4-11-32)34-18-14-29(15-19-34)27-38-22-6-20-36-25-30-8-5-9-31(24-30)26-37-21-7-23-38/h2-5,8-19,24,35-37H,6-7,20-23,25-27H2,1H3. The van der Waals surface area contributed by atoms with Crippen LogP contribution in [0, 0.1) is 6.92 Å². The highest BCUT2D eigenvalue weighted by atomic mass is 15.1. The van der Waals surface area contributed by atoms with Gasteiger partial charge in [-0.3, -0.25) is 4.90 Å². The molecule has 3 nitrogen and oxygen atoms in total. The summed E-state index contributed by atoms with van der Waals surface area (Å²) in [5.41, 5.74) is 9.46. The first-order valence-electron chi connectivity index (χ1n) is 14.2. The molecule has 1 aliphatic heterocycles. The van der Waals surface area contributed by atoms with E-state index in [0.717, 1.165) is 58.7 Å². The second-order valence-corrected chi connectivity index (χ2v) is 10.7. The average Bonchev–Trinajstić information content (AvgIpc) is 2.95. The van der Waals surface area contributed by atoms with Gasteiger partial charge in [-0.2, -0.15) is 0 Å². The van der Waals surface area contributed by atoms with Crippen molar-refractivity contribution in [2.24, 2.45) is 0 Å². The molecule has 0 saturated heterocycles. The van der Waals surface area contributed by atoms with Gasteiger partial charge >= 0.3 is 0 Å². The number of fused-ring (bicyclic) bond motifs is 2. The van der Waals surface area contributed by atoms with Crippen molar-refractivity contribution in [2.75, 3.05) is 26.2 Å². The monoisotopic (exact) mass is 503 g/mol. The number of hydrogen-bond acceptors (Lipinski definition) is 3. The van der Waals surface area contributed by atoms with Crippen LogP contribution >= 0.6 is 0 Å². The molecule has 196 valence electrons. The number of aryl methyl sites for hydroxylation is 1. The second-order valence-electron chi connectivity index (χ2n) is 10.7. The molecule has 2 bridgehead atoms. The van der Waals surface area contributed by atoms with Crippen molar-refractivity contribution in [2.45, 2.75) is 45.3 Å². The Bertz CT molecular complexity index is 1220. The van der Waals surface area contributed by atoms with Crippen molar-refractivity contribution in [3.63, 3.8) is 0 Å². The molecule has 4 aromatic rings. The van der Waals surface area contributed by atoms with Crippen molar-refractivity contribution in [3.8, 4) is 0 Å². The van der Waals surface area contributed by atoms with Gasteiger partial charge in [0.1, 0.15) is 0 Å². The zero-order chi connectivity index (χ0) is 26.0. The third kappa shape index (κ3) is 7.41. The van der Waals surface area contributed by atoms with E-state index in [2.05, 4.69) is 126 Å². The Morgan fingerprint density at radius 2 is 1.18 bits per heavy atom. The van der Waals surface area contributed by atoms with Crippen LogP contribution in [0.15, 0.2) is 103 Å². The fourth-order valence-electron chi connectivity index (χ4n) is 5.50. The molecule has 0 amide bonds. The first kappa shape index (κ1) is 26.4. The summed E-state index contributed by atoms with van der Waals surface area (Å²) in [5.74, 6) is 0.247. The van der Waals surface area contributed by atoms with Gasteiger partial charge in [0.15, 0.2) is 0 Å². The SMILES string of the molecule is Cc1ccc(C(c2ccccc2)c2ccc(CN3CCCNCc4cccc(c4)CNCCC3)cc2)cc1. The predicted molar refractivity (Wildman–Crippen MR) is 159 cm³/mol. The molecule has 0 fully saturated rings. The summed E-state index contributed by atoms with van der Waals surface area (Å²) in [7, 11) is 0. The molecule has 0 aromatic heterocycles. The third-order valence-corrected chi connectivity index (χ3v) is 7.57. The normalized spacial score (nSPS) is 16.4. The van der Waals surface area contributed by atoms with Gasteiger partial charge in [0, 0.05) is 25.6 Å². The molecule has 0 saturated carbocycles. The Morgan fingerprint density at radius 1 is 0.632 bits per heavy atom. The molecule has 2 N–H and O–H groups in total. The molecule has 0 radical (unpaired) electrons. The van der Waals surface area contributed by atoms with E-state index < -0.39 is 0 Å². The van der Waals surface area contributed by atoms with E-state index >= 15 is 0 Å². The van der Waals surface area contributed by atoms with Crippen molar-refractivity contribution in [3.05, 3.63) is 142 Å². The minimum absolute atomic E-state index is 0.247. The fraction of sp³-hybridized carbons (Fsp3) is 0.314. The molecule has 1 unspecified atom stereocenters. The Labute approximate surface area is 228 Å². The Hall–Kier alpha value is -3.24. The van der Waals surface area contributed by atoms with Crippen LogP contribution in [0.1, 0.15) is 57.7 Å². The summed E-state index contributed by atoms with van der Waals surface area (Å²) in [6, 6.07) is 38.2. The van der Waals surface area contributed by atoms with Crippen LogP contribution in [0.2, 0.25) is 0 Å². The van der Waals surface area contributed by atoms with E-state index in [1.807, 2.05) is 0 Å². The fourth-order valence-corrected chi connectivity index (χ4v) is 5.50. The lowest BCUT2D eigenvalue weighted by atomic mass is 9.84. The van der Waals surface area contributed by atoms with Gasteiger partial charge in [0.05, 0.1) is 0 Å². The number of benzene rings is 4. The van der Waals surface area contributed by atoms with Gasteiger partial charge in [-0.25, -0.2) is 0 Å². The highest BCUT2D eigenvalue weighted by molar-refractivity contribution is 5.44. The minimum Gasteiger partial charge on any atom is -0.313 e. The number of nitrogens with one attached hydrogen (secondary N) is 2. The van der Waals surface area contributed by atoms with Crippen LogP contribution in [-0.2, 0) is 19.6 Å². The first-order valence-corrected chi connectivity index (χ1v) is 14.2. The molecule has 1 atom stereocenters. The molecular formula is C35H41N3. The van der Waals surface area contributed by atoms with Crippen LogP contribution in [-0.4, -0.2) is 31.1 Å². The van der Waals surface area contributed by atoms with E-state index in [0.29, 0.717) is 0 Å². The maximum absolute atomic E-state index is 3.64. The van der Waals surface area contributed by atoms with Crippen LogP contribution in [0.5, 0.6) is 0 Å². The van der Waals surface area contributed by atoms with E-state index in [1.54, 1.807) is 0 Å². The second kappa shape index (κ2) is 13.5. The molecule has 0 aliphatic carbocycles. The molecule has 38 heavy (non-hydrogen) atoms. The highest BCUT2D eigenvalue weighted by Gasteiger charge is 2.17. The van der Waals surface area contributed by atoms with Crippen LogP contribution < -0.4 is 10.6 Å². The largest absolute Gasteiger partial charge is 0.313 e. The zero-order valence-electron chi connectivity index (χ0n) is 22.7. The van der Waals surface area contributed by atoms with Gasteiger partial charge in [-0.05, 0) is 79.3 Å². The van der Waals surface area contributed by atoms with E-state index in [9.17, 15) is 0 Å². The van der Waals surface area contributed by atoms with E-state index in [4.69, 9.17) is 0 Å². The Balaban J connectivity index is 1.26. The summed E-state index contributed by atoms with van der Waals surface area (Å²) in [6.45, 7) is 9.37.